The molecule has 3 nitrogen and oxygen atoms in total. The van der Waals surface area contributed by atoms with E-state index in [2.05, 4.69) is 19.2 Å². The molecule has 0 spiro atoms. The molecule has 0 radical (unpaired) electrons. The minimum absolute atomic E-state index is 0.214. The highest BCUT2D eigenvalue weighted by Crippen LogP contribution is 2.14. The number of rotatable bonds is 3. The Morgan fingerprint density at radius 2 is 2.29 bits per heavy atom. The zero-order chi connectivity index (χ0) is 10.6. The van der Waals surface area contributed by atoms with Gasteiger partial charge in [-0.15, -0.1) is 0 Å². The molecule has 3 heteroatoms. The van der Waals surface area contributed by atoms with Gasteiger partial charge in [0.15, 0.2) is 0 Å². The lowest BCUT2D eigenvalue weighted by atomic mass is 9.97. The number of nitrogens with zero attached hydrogens (tertiary/aromatic N) is 1. The van der Waals surface area contributed by atoms with Gasteiger partial charge in [-0.1, -0.05) is 0 Å². The van der Waals surface area contributed by atoms with Crippen molar-refractivity contribution < 1.29 is 4.79 Å². The number of carbonyl (C=O) groups is 1. The molecule has 1 amide bonds. The number of hydrogen-bond donors (Lipinski definition) is 1. The molecule has 82 valence electrons. The zero-order valence-corrected chi connectivity index (χ0v) is 9.55. The fraction of sp³-hybridized carbons (Fsp3) is 0.909. The summed E-state index contributed by atoms with van der Waals surface area (Å²) >= 11 is 0. The molecule has 0 unspecified atom stereocenters. The summed E-state index contributed by atoms with van der Waals surface area (Å²) in [7, 11) is 0. The molecule has 1 saturated heterocycles. The predicted octanol–water partition coefficient (Wildman–Crippen LogP) is 1.24. The molecule has 1 aliphatic heterocycles. The van der Waals surface area contributed by atoms with Gasteiger partial charge in [-0.2, -0.15) is 0 Å². The van der Waals surface area contributed by atoms with Crippen molar-refractivity contribution in [2.24, 2.45) is 5.92 Å². The SMILES string of the molecule is CCN(C(=O)[C@@H]1CCCNC1)C(C)C. The lowest BCUT2D eigenvalue weighted by Crippen LogP contribution is -2.45. The van der Waals surface area contributed by atoms with Crippen LogP contribution in [0.25, 0.3) is 0 Å². The first-order chi connectivity index (χ1) is 6.66. The number of amides is 1. The van der Waals surface area contributed by atoms with E-state index in [4.69, 9.17) is 0 Å². The smallest absolute Gasteiger partial charge is 0.227 e. The first-order valence-corrected chi connectivity index (χ1v) is 5.68. The topological polar surface area (TPSA) is 32.3 Å². The van der Waals surface area contributed by atoms with E-state index >= 15 is 0 Å². The number of nitrogens with one attached hydrogen (secondary N) is 1. The quantitative estimate of drug-likeness (QED) is 0.740. The second-order valence-electron chi connectivity index (χ2n) is 4.26. The van der Waals surface area contributed by atoms with Crippen molar-refractivity contribution in [1.82, 2.24) is 10.2 Å². The van der Waals surface area contributed by atoms with E-state index in [1.54, 1.807) is 0 Å². The van der Waals surface area contributed by atoms with Crippen molar-refractivity contribution in [2.45, 2.75) is 39.7 Å². The van der Waals surface area contributed by atoms with E-state index in [1.165, 1.54) is 0 Å². The summed E-state index contributed by atoms with van der Waals surface area (Å²) < 4.78 is 0. The average Bonchev–Trinajstić information content (AvgIpc) is 2.19. The highest BCUT2D eigenvalue weighted by Gasteiger charge is 2.26. The van der Waals surface area contributed by atoms with Crippen molar-refractivity contribution in [2.75, 3.05) is 19.6 Å². The normalized spacial score (nSPS) is 22.4. The van der Waals surface area contributed by atoms with E-state index in [0.717, 1.165) is 32.5 Å². The van der Waals surface area contributed by atoms with Gasteiger partial charge in [-0.3, -0.25) is 4.79 Å². The van der Waals surface area contributed by atoms with Gasteiger partial charge in [0.1, 0.15) is 0 Å². The number of hydrogen-bond acceptors (Lipinski definition) is 2. The number of carbonyl (C=O) groups excluding carboxylic acids is 1. The van der Waals surface area contributed by atoms with Gasteiger partial charge in [-0.05, 0) is 40.2 Å². The van der Waals surface area contributed by atoms with E-state index in [0.29, 0.717) is 11.9 Å². The maximum atomic E-state index is 12.1. The van der Waals surface area contributed by atoms with Crippen LogP contribution in [0.2, 0.25) is 0 Å². The Labute approximate surface area is 86.9 Å². The standard InChI is InChI=1S/C11H22N2O/c1-4-13(9(2)3)11(14)10-6-5-7-12-8-10/h9-10,12H,4-8H2,1-3H3/t10-/m1/s1. The Morgan fingerprint density at radius 1 is 1.57 bits per heavy atom. The molecule has 0 aromatic carbocycles. The predicted molar refractivity (Wildman–Crippen MR) is 58.1 cm³/mol. The fourth-order valence-electron chi connectivity index (χ4n) is 2.07. The summed E-state index contributed by atoms with van der Waals surface area (Å²) in [4.78, 5) is 14.0. The Hall–Kier alpha value is -0.570. The van der Waals surface area contributed by atoms with Crippen LogP contribution in [0.15, 0.2) is 0 Å². The van der Waals surface area contributed by atoms with Crippen molar-refractivity contribution >= 4 is 5.91 Å². The summed E-state index contributed by atoms with van der Waals surface area (Å²) in [6.45, 7) is 8.97. The summed E-state index contributed by atoms with van der Waals surface area (Å²) in [6.07, 6.45) is 2.18. The first-order valence-electron chi connectivity index (χ1n) is 5.68. The van der Waals surface area contributed by atoms with Crippen LogP contribution in [0.1, 0.15) is 33.6 Å². The second-order valence-corrected chi connectivity index (χ2v) is 4.26. The van der Waals surface area contributed by atoms with Crippen molar-refractivity contribution in [1.29, 1.82) is 0 Å². The Morgan fingerprint density at radius 3 is 2.71 bits per heavy atom. The molecular weight excluding hydrogens is 176 g/mol. The zero-order valence-electron chi connectivity index (χ0n) is 9.55. The molecule has 1 aliphatic rings. The van der Waals surface area contributed by atoms with E-state index in [-0.39, 0.29) is 5.92 Å². The molecule has 0 aliphatic carbocycles. The molecule has 0 aromatic rings. The van der Waals surface area contributed by atoms with Crippen LogP contribution in [-0.4, -0.2) is 36.5 Å². The third kappa shape index (κ3) is 2.71. The van der Waals surface area contributed by atoms with Crippen LogP contribution in [-0.2, 0) is 4.79 Å². The minimum Gasteiger partial charge on any atom is -0.340 e. The van der Waals surface area contributed by atoms with Crippen LogP contribution in [0.5, 0.6) is 0 Å². The molecule has 1 heterocycles. The van der Waals surface area contributed by atoms with E-state index in [1.807, 2.05) is 11.8 Å². The molecule has 1 fully saturated rings. The summed E-state index contributed by atoms with van der Waals surface area (Å²) in [5, 5.41) is 3.29. The lowest BCUT2D eigenvalue weighted by molar-refractivity contribution is -0.137. The second kappa shape index (κ2) is 5.35. The Kier molecular flexibility index (Phi) is 4.39. The van der Waals surface area contributed by atoms with Crippen LogP contribution >= 0.6 is 0 Å². The van der Waals surface area contributed by atoms with Gasteiger partial charge in [0, 0.05) is 19.1 Å². The van der Waals surface area contributed by atoms with Crippen molar-refractivity contribution in [3.05, 3.63) is 0 Å². The van der Waals surface area contributed by atoms with Gasteiger partial charge in [0.25, 0.3) is 0 Å². The first kappa shape index (κ1) is 11.5. The molecular formula is C11H22N2O. The average molecular weight is 198 g/mol. The van der Waals surface area contributed by atoms with Gasteiger partial charge in [0.05, 0.1) is 5.92 Å². The molecule has 0 saturated carbocycles. The largest absolute Gasteiger partial charge is 0.340 e. The summed E-state index contributed by atoms with van der Waals surface area (Å²) in [6, 6.07) is 0.328. The lowest BCUT2D eigenvalue weighted by Gasteiger charge is -2.31. The summed E-state index contributed by atoms with van der Waals surface area (Å²) in [5.41, 5.74) is 0. The molecule has 14 heavy (non-hydrogen) atoms. The highest BCUT2D eigenvalue weighted by molar-refractivity contribution is 5.79. The van der Waals surface area contributed by atoms with Gasteiger partial charge in [-0.25, -0.2) is 0 Å². The molecule has 0 bridgehead atoms. The highest BCUT2D eigenvalue weighted by atomic mass is 16.2. The number of piperidine rings is 1. The van der Waals surface area contributed by atoms with E-state index in [9.17, 15) is 4.79 Å². The van der Waals surface area contributed by atoms with Crippen molar-refractivity contribution in [3.63, 3.8) is 0 Å². The van der Waals surface area contributed by atoms with Crippen LogP contribution in [0.3, 0.4) is 0 Å². The van der Waals surface area contributed by atoms with Crippen molar-refractivity contribution in [3.8, 4) is 0 Å². The monoisotopic (exact) mass is 198 g/mol. The van der Waals surface area contributed by atoms with Gasteiger partial charge >= 0.3 is 0 Å². The van der Waals surface area contributed by atoms with Gasteiger partial charge in [0.2, 0.25) is 5.91 Å². The molecule has 0 aromatic heterocycles. The van der Waals surface area contributed by atoms with Gasteiger partial charge < -0.3 is 10.2 Å². The molecule has 1 rings (SSSR count). The Balaban J connectivity index is 2.52. The maximum Gasteiger partial charge on any atom is 0.227 e. The molecule has 1 atom stereocenters. The van der Waals surface area contributed by atoms with Crippen LogP contribution in [0.4, 0.5) is 0 Å². The summed E-state index contributed by atoms with van der Waals surface area (Å²) in [5.74, 6) is 0.542. The minimum atomic E-state index is 0.214. The third-order valence-corrected chi connectivity index (χ3v) is 2.89. The fourth-order valence-corrected chi connectivity index (χ4v) is 2.07. The van der Waals surface area contributed by atoms with E-state index < -0.39 is 0 Å². The third-order valence-electron chi connectivity index (χ3n) is 2.89. The van der Waals surface area contributed by atoms with Crippen LogP contribution in [0, 0.1) is 5.92 Å². The molecule has 1 N–H and O–H groups in total. The Bertz CT molecular complexity index is 186. The maximum absolute atomic E-state index is 12.1. The van der Waals surface area contributed by atoms with Crippen LogP contribution < -0.4 is 5.32 Å².